The molecule has 1 unspecified atom stereocenters. The summed E-state index contributed by atoms with van der Waals surface area (Å²) < 4.78 is 0. The van der Waals surface area contributed by atoms with E-state index in [1.165, 1.54) is 135 Å². The third kappa shape index (κ3) is 17.0. The largest absolute Gasteiger partial charge is 0.0654 e. The van der Waals surface area contributed by atoms with Crippen molar-refractivity contribution in [2.75, 3.05) is 0 Å². The van der Waals surface area contributed by atoms with Crippen LogP contribution < -0.4 is 0 Å². The second-order valence-electron chi connectivity index (χ2n) is 9.79. The summed E-state index contributed by atoms with van der Waals surface area (Å²) in [6.45, 7) is 4.61. The molecule has 30 heavy (non-hydrogen) atoms. The molecule has 1 aromatic carbocycles. The van der Waals surface area contributed by atoms with E-state index in [2.05, 4.69) is 44.2 Å². The van der Waals surface area contributed by atoms with Crippen LogP contribution in [-0.4, -0.2) is 0 Å². The van der Waals surface area contributed by atoms with Gasteiger partial charge >= 0.3 is 0 Å². The molecule has 0 saturated heterocycles. The monoisotopic (exact) mass is 414 g/mol. The number of benzene rings is 1. The molecule has 0 spiro atoms. The minimum absolute atomic E-state index is 0.904. The molecular formula is C30H54. The van der Waals surface area contributed by atoms with Crippen LogP contribution in [0.5, 0.6) is 0 Å². The minimum atomic E-state index is 0.904. The van der Waals surface area contributed by atoms with Gasteiger partial charge in [0.1, 0.15) is 0 Å². The summed E-state index contributed by atoms with van der Waals surface area (Å²) in [5.41, 5.74) is 1.55. The standard InChI is InChI=1S/C30H54/c1-3-5-7-9-11-13-14-16-18-21-25-29(28-30-26-22-19-23-27-30)24-20-17-15-12-10-8-6-4-2/h19,22-23,26-27,29H,3-18,20-21,24-25,28H2,1-2H3. The first-order chi connectivity index (χ1) is 14.9. The van der Waals surface area contributed by atoms with Gasteiger partial charge in [-0.3, -0.25) is 0 Å². The molecule has 0 aliphatic carbocycles. The first-order valence-electron chi connectivity index (χ1n) is 13.9. The summed E-state index contributed by atoms with van der Waals surface area (Å²) >= 11 is 0. The third-order valence-electron chi connectivity index (χ3n) is 6.80. The molecule has 0 N–H and O–H groups in total. The van der Waals surface area contributed by atoms with Crippen LogP contribution in [-0.2, 0) is 6.42 Å². The highest BCUT2D eigenvalue weighted by molar-refractivity contribution is 5.15. The van der Waals surface area contributed by atoms with Gasteiger partial charge in [0.05, 0.1) is 0 Å². The minimum Gasteiger partial charge on any atom is -0.0654 e. The smallest absolute Gasteiger partial charge is 0.0250 e. The van der Waals surface area contributed by atoms with E-state index in [0.29, 0.717) is 0 Å². The predicted octanol–water partition coefficient (Wildman–Crippen LogP) is 10.7. The molecular weight excluding hydrogens is 360 g/mol. The predicted molar refractivity (Wildman–Crippen MR) is 137 cm³/mol. The summed E-state index contributed by atoms with van der Waals surface area (Å²) in [7, 11) is 0. The van der Waals surface area contributed by atoms with Crippen molar-refractivity contribution in [1.82, 2.24) is 0 Å². The molecule has 0 bridgehead atoms. The van der Waals surface area contributed by atoms with Crippen LogP contribution in [0.25, 0.3) is 0 Å². The topological polar surface area (TPSA) is 0 Å². The summed E-state index contributed by atoms with van der Waals surface area (Å²) in [5.74, 6) is 0.904. The van der Waals surface area contributed by atoms with Gasteiger partial charge in [0.2, 0.25) is 0 Å². The zero-order valence-corrected chi connectivity index (χ0v) is 20.8. The lowest BCUT2D eigenvalue weighted by atomic mass is 9.88. The Balaban J connectivity index is 2.13. The highest BCUT2D eigenvalue weighted by Crippen LogP contribution is 2.23. The third-order valence-corrected chi connectivity index (χ3v) is 6.80. The van der Waals surface area contributed by atoms with Gasteiger partial charge in [-0.15, -0.1) is 0 Å². The molecule has 0 aliphatic heterocycles. The van der Waals surface area contributed by atoms with Crippen molar-refractivity contribution in [3.8, 4) is 0 Å². The number of unbranched alkanes of at least 4 members (excludes halogenated alkanes) is 16. The maximum atomic E-state index is 2.33. The van der Waals surface area contributed by atoms with E-state index < -0.39 is 0 Å². The van der Waals surface area contributed by atoms with Crippen molar-refractivity contribution < 1.29 is 0 Å². The molecule has 0 heteroatoms. The van der Waals surface area contributed by atoms with Crippen LogP contribution in [0.2, 0.25) is 0 Å². The second kappa shape index (κ2) is 21.5. The quantitative estimate of drug-likeness (QED) is 0.165. The van der Waals surface area contributed by atoms with E-state index in [0.717, 1.165) is 5.92 Å². The molecule has 0 radical (unpaired) electrons. The Bertz CT molecular complexity index is 435. The van der Waals surface area contributed by atoms with Crippen LogP contribution in [0.4, 0.5) is 0 Å². The van der Waals surface area contributed by atoms with Gasteiger partial charge in [0.25, 0.3) is 0 Å². The van der Waals surface area contributed by atoms with E-state index in [9.17, 15) is 0 Å². The van der Waals surface area contributed by atoms with Gasteiger partial charge in [-0.1, -0.05) is 173 Å². The van der Waals surface area contributed by atoms with Crippen molar-refractivity contribution >= 4 is 0 Å². The molecule has 1 aromatic rings. The molecule has 0 fully saturated rings. The highest BCUT2D eigenvalue weighted by atomic mass is 14.2. The van der Waals surface area contributed by atoms with E-state index in [4.69, 9.17) is 0 Å². The van der Waals surface area contributed by atoms with Crippen LogP contribution in [0.1, 0.15) is 148 Å². The Morgan fingerprint density at radius 3 is 1.23 bits per heavy atom. The highest BCUT2D eigenvalue weighted by Gasteiger charge is 2.10. The molecule has 1 rings (SSSR count). The van der Waals surface area contributed by atoms with Crippen molar-refractivity contribution in [3.63, 3.8) is 0 Å². The SMILES string of the molecule is CCCCCCCCCCCCC(CCCCCCCCCC)Cc1ccccc1. The Morgan fingerprint density at radius 2 is 0.833 bits per heavy atom. The van der Waals surface area contributed by atoms with Crippen molar-refractivity contribution in [1.29, 1.82) is 0 Å². The first-order valence-corrected chi connectivity index (χ1v) is 13.9. The van der Waals surface area contributed by atoms with Gasteiger partial charge < -0.3 is 0 Å². The summed E-state index contributed by atoms with van der Waals surface area (Å²) in [6, 6.07) is 11.2. The van der Waals surface area contributed by atoms with Crippen molar-refractivity contribution in [2.45, 2.75) is 149 Å². The Labute approximate surface area is 190 Å². The summed E-state index contributed by atoms with van der Waals surface area (Å²) in [5, 5.41) is 0. The molecule has 0 heterocycles. The zero-order valence-electron chi connectivity index (χ0n) is 20.8. The lowest BCUT2D eigenvalue weighted by Gasteiger charge is -2.17. The average Bonchev–Trinajstić information content (AvgIpc) is 2.77. The fourth-order valence-electron chi connectivity index (χ4n) is 4.78. The second-order valence-corrected chi connectivity index (χ2v) is 9.79. The lowest BCUT2D eigenvalue weighted by Crippen LogP contribution is -2.05. The normalized spacial score (nSPS) is 12.3. The van der Waals surface area contributed by atoms with Crippen molar-refractivity contribution in [3.05, 3.63) is 35.9 Å². The summed E-state index contributed by atoms with van der Waals surface area (Å²) in [4.78, 5) is 0. The molecule has 0 aliphatic rings. The van der Waals surface area contributed by atoms with E-state index >= 15 is 0 Å². The number of hydrogen-bond donors (Lipinski definition) is 0. The molecule has 0 amide bonds. The van der Waals surface area contributed by atoms with Crippen LogP contribution >= 0.6 is 0 Å². The van der Waals surface area contributed by atoms with Crippen LogP contribution in [0, 0.1) is 5.92 Å². The Hall–Kier alpha value is -0.780. The Morgan fingerprint density at radius 1 is 0.467 bits per heavy atom. The molecule has 0 saturated carbocycles. The van der Waals surface area contributed by atoms with E-state index in [1.807, 2.05) is 0 Å². The lowest BCUT2D eigenvalue weighted by molar-refractivity contribution is 0.400. The fourth-order valence-corrected chi connectivity index (χ4v) is 4.78. The molecule has 174 valence electrons. The van der Waals surface area contributed by atoms with Gasteiger partial charge in [-0.2, -0.15) is 0 Å². The first kappa shape index (κ1) is 27.3. The van der Waals surface area contributed by atoms with E-state index in [1.54, 1.807) is 5.56 Å². The van der Waals surface area contributed by atoms with Gasteiger partial charge in [0, 0.05) is 0 Å². The maximum Gasteiger partial charge on any atom is -0.0250 e. The molecule has 0 nitrogen and oxygen atoms in total. The molecule has 1 atom stereocenters. The van der Waals surface area contributed by atoms with E-state index in [-0.39, 0.29) is 0 Å². The van der Waals surface area contributed by atoms with Gasteiger partial charge in [-0.25, -0.2) is 0 Å². The number of hydrogen-bond acceptors (Lipinski definition) is 0. The fraction of sp³-hybridized carbons (Fsp3) is 0.800. The van der Waals surface area contributed by atoms with Crippen LogP contribution in [0.3, 0.4) is 0 Å². The summed E-state index contributed by atoms with van der Waals surface area (Å²) in [6.07, 6.45) is 30.2. The van der Waals surface area contributed by atoms with Gasteiger partial charge in [-0.05, 0) is 17.9 Å². The van der Waals surface area contributed by atoms with Gasteiger partial charge in [0.15, 0.2) is 0 Å². The average molecular weight is 415 g/mol. The number of rotatable bonds is 22. The zero-order chi connectivity index (χ0) is 21.5. The molecule has 0 aromatic heterocycles. The van der Waals surface area contributed by atoms with Crippen LogP contribution in [0.15, 0.2) is 30.3 Å². The van der Waals surface area contributed by atoms with Crippen molar-refractivity contribution in [2.24, 2.45) is 5.92 Å². The maximum absolute atomic E-state index is 2.33. The Kier molecular flexibility index (Phi) is 19.5.